The van der Waals surface area contributed by atoms with E-state index in [9.17, 15) is 4.79 Å². The molecule has 0 saturated carbocycles. The first-order chi connectivity index (χ1) is 9.74. The first kappa shape index (κ1) is 13.6. The van der Waals surface area contributed by atoms with Crippen LogP contribution in [0, 0.1) is 0 Å². The number of rotatable bonds is 4. The monoisotopic (exact) mass is 280 g/mol. The molecule has 3 rings (SSSR count). The summed E-state index contributed by atoms with van der Waals surface area (Å²) in [5.41, 5.74) is 0.278. The fourth-order valence-corrected chi connectivity index (χ4v) is 3.05. The molecule has 6 heteroatoms. The smallest absolute Gasteiger partial charge is 0.339 e. The fraction of sp³-hybridized carbons (Fsp3) is 0.643. The van der Waals surface area contributed by atoms with Gasteiger partial charge in [-0.3, -0.25) is 9.80 Å². The Balaban J connectivity index is 1.57. The molecule has 2 fully saturated rings. The Bertz CT molecular complexity index is 467. The Labute approximate surface area is 117 Å². The van der Waals surface area contributed by atoms with E-state index in [0.717, 1.165) is 45.8 Å². The van der Waals surface area contributed by atoms with Crippen LogP contribution >= 0.6 is 0 Å². The molecule has 1 aromatic heterocycles. The van der Waals surface area contributed by atoms with Crippen LogP contribution in [0.4, 0.5) is 0 Å². The second-order valence-corrected chi connectivity index (χ2v) is 5.39. The molecule has 0 radical (unpaired) electrons. The van der Waals surface area contributed by atoms with Gasteiger partial charge >= 0.3 is 5.97 Å². The Morgan fingerprint density at radius 2 is 2.15 bits per heavy atom. The van der Waals surface area contributed by atoms with E-state index < -0.39 is 5.97 Å². The summed E-state index contributed by atoms with van der Waals surface area (Å²) < 4.78 is 10.7. The average Bonchev–Trinajstić information content (AvgIpc) is 3.09. The van der Waals surface area contributed by atoms with Gasteiger partial charge < -0.3 is 14.3 Å². The normalized spacial score (nSPS) is 25.1. The molecule has 6 nitrogen and oxygen atoms in total. The largest absolute Gasteiger partial charge is 0.478 e. The number of carbonyl (C=O) groups is 1. The van der Waals surface area contributed by atoms with Gasteiger partial charge in [0.1, 0.15) is 11.3 Å². The highest BCUT2D eigenvalue weighted by Gasteiger charge is 2.29. The minimum Gasteiger partial charge on any atom is -0.478 e. The number of carboxylic acid groups (broad SMARTS) is 1. The van der Waals surface area contributed by atoms with E-state index in [0.29, 0.717) is 18.3 Å². The summed E-state index contributed by atoms with van der Waals surface area (Å²) in [6.07, 6.45) is 2.58. The Morgan fingerprint density at radius 3 is 2.90 bits per heavy atom. The number of furan rings is 1. The summed E-state index contributed by atoms with van der Waals surface area (Å²) in [5.74, 6) is -0.363. The summed E-state index contributed by atoms with van der Waals surface area (Å²) in [7, 11) is 0. The van der Waals surface area contributed by atoms with E-state index in [1.807, 2.05) is 0 Å². The third-order valence-corrected chi connectivity index (χ3v) is 4.15. The molecule has 0 bridgehead atoms. The zero-order chi connectivity index (χ0) is 13.9. The van der Waals surface area contributed by atoms with Gasteiger partial charge in [0, 0.05) is 32.2 Å². The maximum absolute atomic E-state index is 11.1. The SMILES string of the molecule is O=C(O)c1ccoc1CN1CCC(N2CCOCC2)C1. The van der Waals surface area contributed by atoms with E-state index in [-0.39, 0.29) is 5.56 Å². The van der Waals surface area contributed by atoms with Crippen molar-refractivity contribution in [3.8, 4) is 0 Å². The number of hydrogen-bond acceptors (Lipinski definition) is 5. The van der Waals surface area contributed by atoms with Crippen LogP contribution in [0.2, 0.25) is 0 Å². The Kier molecular flexibility index (Phi) is 4.05. The van der Waals surface area contributed by atoms with Crippen LogP contribution in [0.25, 0.3) is 0 Å². The molecule has 1 atom stereocenters. The van der Waals surface area contributed by atoms with Crippen molar-refractivity contribution in [2.24, 2.45) is 0 Å². The molecule has 1 aromatic rings. The standard InChI is InChI=1S/C14H20N2O4/c17-14(18)12-2-6-20-13(12)10-15-3-1-11(9-15)16-4-7-19-8-5-16/h2,6,11H,1,3-5,7-10H2,(H,17,18). The molecule has 0 spiro atoms. The van der Waals surface area contributed by atoms with Crippen molar-refractivity contribution in [1.82, 2.24) is 9.80 Å². The highest BCUT2D eigenvalue weighted by Crippen LogP contribution is 2.21. The number of hydrogen-bond donors (Lipinski definition) is 1. The van der Waals surface area contributed by atoms with E-state index in [1.54, 1.807) is 0 Å². The lowest BCUT2D eigenvalue weighted by Crippen LogP contribution is -2.44. The van der Waals surface area contributed by atoms with Crippen LogP contribution in [0.3, 0.4) is 0 Å². The molecule has 2 aliphatic rings. The van der Waals surface area contributed by atoms with Crippen molar-refractivity contribution in [2.45, 2.75) is 19.0 Å². The van der Waals surface area contributed by atoms with Gasteiger partial charge in [0.05, 0.1) is 26.0 Å². The van der Waals surface area contributed by atoms with Gasteiger partial charge in [-0.2, -0.15) is 0 Å². The molecule has 2 aliphatic heterocycles. The molecule has 3 heterocycles. The second kappa shape index (κ2) is 5.95. The first-order valence-corrected chi connectivity index (χ1v) is 7.08. The third-order valence-electron chi connectivity index (χ3n) is 4.15. The summed E-state index contributed by atoms with van der Waals surface area (Å²) in [4.78, 5) is 15.8. The van der Waals surface area contributed by atoms with Gasteiger partial charge in [0.2, 0.25) is 0 Å². The van der Waals surface area contributed by atoms with Crippen LogP contribution in [0.15, 0.2) is 16.7 Å². The molecule has 0 aromatic carbocycles. The van der Waals surface area contributed by atoms with Crippen molar-refractivity contribution < 1.29 is 19.1 Å². The Hall–Kier alpha value is -1.37. The number of morpholine rings is 1. The van der Waals surface area contributed by atoms with Gasteiger partial charge in [0.25, 0.3) is 0 Å². The predicted molar refractivity (Wildman–Crippen MR) is 71.7 cm³/mol. The van der Waals surface area contributed by atoms with Crippen LogP contribution in [0.1, 0.15) is 22.5 Å². The minimum atomic E-state index is -0.919. The molecule has 2 saturated heterocycles. The van der Waals surface area contributed by atoms with Gasteiger partial charge in [-0.1, -0.05) is 0 Å². The van der Waals surface area contributed by atoms with Gasteiger partial charge in [-0.25, -0.2) is 4.79 Å². The van der Waals surface area contributed by atoms with E-state index in [4.69, 9.17) is 14.3 Å². The molecule has 1 N–H and O–H groups in total. The highest BCUT2D eigenvalue weighted by molar-refractivity contribution is 5.88. The Morgan fingerprint density at radius 1 is 1.35 bits per heavy atom. The topological polar surface area (TPSA) is 66.2 Å². The molecule has 1 unspecified atom stereocenters. The predicted octanol–water partition coefficient (Wildman–Crippen LogP) is 0.884. The summed E-state index contributed by atoms with van der Waals surface area (Å²) in [6.45, 7) is 6.17. The molecule has 0 amide bonds. The van der Waals surface area contributed by atoms with Crippen LogP contribution in [0.5, 0.6) is 0 Å². The highest BCUT2D eigenvalue weighted by atomic mass is 16.5. The zero-order valence-corrected chi connectivity index (χ0v) is 11.5. The fourth-order valence-electron chi connectivity index (χ4n) is 3.05. The van der Waals surface area contributed by atoms with Gasteiger partial charge in [0.15, 0.2) is 0 Å². The minimum absolute atomic E-state index is 0.278. The van der Waals surface area contributed by atoms with Crippen LogP contribution < -0.4 is 0 Å². The summed E-state index contributed by atoms with van der Waals surface area (Å²) >= 11 is 0. The maximum Gasteiger partial charge on any atom is 0.339 e. The number of nitrogens with zero attached hydrogens (tertiary/aromatic N) is 2. The van der Waals surface area contributed by atoms with Crippen molar-refractivity contribution in [1.29, 1.82) is 0 Å². The van der Waals surface area contributed by atoms with E-state index in [1.165, 1.54) is 12.3 Å². The van der Waals surface area contributed by atoms with Gasteiger partial charge in [-0.15, -0.1) is 0 Å². The van der Waals surface area contributed by atoms with E-state index in [2.05, 4.69) is 9.80 Å². The van der Waals surface area contributed by atoms with Crippen molar-refractivity contribution in [3.63, 3.8) is 0 Å². The van der Waals surface area contributed by atoms with Crippen molar-refractivity contribution in [2.75, 3.05) is 39.4 Å². The lowest BCUT2D eigenvalue weighted by molar-refractivity contribution is 0.0182. The van der Waals surface area contributed by atoms with Crippen LogP contribution in [-0.4, -0.2) is 66.3 Å². The summed E-state index contributed by atoms with van der Waals surface area (Å²) in [6, 6.07) is 2.08. The first-order valence-electron chi connectivity index (χ1n) is 7.08. The zero-order valence-electron chi connectivity index (χ0n) is 11.5. The quantitative estimate of drug-likeness (QED) is 0.883. The van der Waals surface area contributed by atoms with Crippen molar-refractivity contribution in [3.05, 3.63) is 23.7 Å². The average molecular weight is 280 g/mol. The lowest BCUT2D eigenvalue weighted by atomic mass is 10.2. The number of carboxylic acids is 1. The molecule has 0 aliphatic carbocycles. The van der Waals surface area contributed by atoms with Crippen molar-refractivity contribution >= 4 is 5.97 Å². The number of ether oxygens (including phenoxy) is 1. The number of aromatic carboxylic acids is 1. The van der Waals surface area contributed by atoms with Gasteiger partial charge in [-0.05, 0) is 12.5 Å². The number of likely N-dealkylation sites (tertiary alicyclic amines) is 1. The van der Waals surface area contributed by atoms with Crippen LogP contribution in [-0.2, 0) is 11.3 Å². The third kappa shape index (κ3) is 2.87. The second-order valence-electron chi connectivity index (χ2n) is 5.39. The molecular weight excluding hydrogens is 260 g/mol. The molecular formula is C14H20N2O4. The molecule has 20 heavy (non-hydrogen) atoms. The lowest BCUT2D eigenvalue weighted by Gasteiger charge is -2.32. The molecule has 110 valence electrons. The summed E-state index contributed by atoms with van der Waals surface area (Å²) in [5, 5.41) is 9.08. The maximum atomic E-state index is 11.1. The van der Waals surface area contributed by atoms with E-state index >= 15 is 0 Å².